The van der Waals surface area contributed by atoms with Crippen LogP contribution in [0.5, 0.6) is 11.5 Å². The number of carbonyl (C=O) groups excluding carboxylic acids is 2. The van der Waals surface area contributed by atoms with Crippen molar-refractivity contribution in [3.8, 4) is 11.5 Å². The highest BCUT2D eigenvalue weighted by atomic mass is 32.2. The molecule has 0 spiro atoms. The lowest BCUT2D eigenvalue weighted by atomic mass is 10.1. The number of anilines is 1. The molecule has 3 rings (SSSR count). The van der Waals surface area contributed by atoms with Crippen molar-refractivity contribution in [2.45, 2.75) is 31.6 Å². The van der Waals surface area contributed by atoms with Gasteiger partial charge in [-0.3, -0.25) is 9.59 Å². The summed E-state index contributed by atoms with van der Waals surface area (Å²) in [4.78, 5) is 24.8. The van der Waals surface area contributed by atoms with Gasteiger partial charge in [0.15, 0.2) is 22.5 Å². The summed E-state index contributed by atoms with van der Waals surface area (Å²) in [6.07, 6.45) is 5.77. The Balaban J connectivity index is 1.56. The predicted molar refractivity (Wildman–Crippen MR) is 146 cm³/mol. The number of benzene rings is 2. The smallest absolute Gasteiger partial charge is 0.244 e. The minimum Gasteiger partial charge on any atom is -0.493 e. The number of hydrogen-bond donors (Lipinski definition) is 2. The highest BCUT2D eigenvalue weighted by molar-refractivity contribution is 7.99. The van der Waals surface area contributed by atoms with Gasteiger partial charge in [0.1, 0.15) is 0 Å². The van der Waals surface area contributed by atoms with E-state index in [0.29, 0.717) is 29.0 Å². The lowest BCUT2D eigenvalue weighted by molar-refractivity contribution is -0.116. The van der Waals surface area contributed by atoms with Crippen LogP contribution in [-0.2, 0) is 29.1 Å². The first-order valence-corrected chi connectivity index (χ1v) is 12.7. The molecular weight excluding hydrogens is 490 g/mol. The summed E-state index contributed by atoms with van der Waals surface area (Å²) in [5.41, 5.74) is 2.75. The van der Waals surface area contributed by atoms with E-state index in [0.717, 1.165) is 17.7 Å². The Kier molecular flexibility index (Phi) is 10.3. The summed E-state index contributed by atoms with van der Waals surface area (Å²) >= 11 is 1.27. The number of aryl methyl sites for hydroxylation is 1. The Morgan fingerprint density at radius 2 is 1.84 bits per heavy atom. The van der Waals surface area contributed by atoms with E-state index in [1.165, 1.54) is 23.4 Å². The third kappa shape index (κ3) is 7.97. The Morgan fingerprint density at radius 1 is 1.08 bits per heavy atom. The van der Waals surface area contributed by atoms with Gasteiger partial charge in [0.05, 0.1) is 26.5 Å². The maximum Gasteiger partial charge on any atom is 0.244 e. The van der Waals surface area contributed by atoms with Crippen molar-refractivity contribution in [2.75, 3.05) is 25.3 Å². The third-order valence-corrected chi connectivity index (χ3v) is 6.31. The van der Waals surface area contributed by atoms with E-state index in [2.05, 4.69) is 34.3 Å². The number of aromatic nitrogens is 3. The number of hydrogen-bond acceptors (Lipinski definition) is 7. The van der Waals surface area contributed by atoms with Crippen LogP contribution in [0.1, 0.15) is 23.9 Å². The molecule has 0 aliphatic carbocycles. The van der Waals surface area contributed by atoms with Gasteiger partial charge in [0, 0.05) is 18.3 Å². The Labute approximate surface area is 221 Å². The summed E-state index contributed by atoms with van der Waals surface area (Å²) in [6.45, 7) is 6.49. The molecule has 3 aromatic rings. The summed E-state index contributed by atoms with van der Waals surface area (Å²) in [6, 6.07) is 13.1. The van der Waals surface area contributed by atoms with Crippen LogP contribution < -0.4 is 20.1 Å². The van der Waals surface area contributed by atoms with Crippen molar-refractivity contribution in [1.82, 2.24) is 20.1 Å². The molecular formula is C27H31N5O4S. The van der Waals surface area contributed by atoms with Gasteiger partial charge in [-0.2, -0.15) is 0 Å². The zero-order chi connectivity index (χ0) is 26.6. The summed E-state index contributed by atoms with van der Waals surface area (Å²) < 4.78 is 12.3. The molecule has 0 aliphatic rings. The van der Waals surface area contributed by atoms with Gasteiger partial charge in [-0.15, -0.1) is 16.8 Å². The zero-order valence-corrected chi connectivity index (χ0v) is 22.0. The van der Waals surface area contributed by atoms with Crippen LogP contribution in [0.15, 0.2) is 66.4 Å². The molecule has 0 saturated heterocycles. The van der Waals surface area contributed by atoms with Gasteiger partial charge in [0.2, 0.25) is 11.8 Å². The zero-order valence-electron chi connectivity index (χ0n) is 21.2. The molecule has 0 bridgehead atoms. The number of thioether (sulfide) groups is 1. The molecule has 0 radical (unpaired) electrons. The van der Waals surface area contributed by atoms with E-state index in [-0.39, 0.29) is 24.1 Å². The average molecular weight is 522 g/mol. The first kappa shape index (κ1) is 27.5. The van der Waals surface area contributed by atoms with Crippen LogP contribution in [0, 0.1) is 0 Å². The van der Waals surface area contributed by atoms with Crippen molar-refractivity contribution < 1.29 is 19.1 Å². The van der Waals surface area contributed by atoms with E-state index < -0.39 is 0 Å². The lowest BCUT2D eigenvalue weighted by Gasteiger charge is -2.09. The molecule has 1 heterocycles. The molecule has 0 aliphatic heterocycles. The van der Waals surface area contributed by atoms with Gasteiger partial charge >= 0.3 is 0 Å². The molecule has 1 aromatic heterocycles. The number of nitrogens with one attached hydrogen (secondary N) is 2. The van der Waals surface area contributed by atoms with Crippen molar-refractivity contribution in [3.63, 3.8) is 0 Å². The molecule has 0 saturated carbocycles. The number of methoxy groups -OCH3 is 2. The highest BCUT2D eigenvalue weighted by Crippen LogP contribution is 2.28. The predicted octanol–water partition coefficient (Wildman–Crippen LogP) is 4.10. The summed E-state index contributed by atoms with van der Waals surface area (Å²) in [7, 11) is 3.12. The Bertz CT molecular complexity index is 1250. The Hall–Kier alpha value is -4.05. The molecule has 0 fully saturated rings. The van der Waals surface area contributed by atoms with Crippen molar-refractivity contribution in [3.05, 3.63) is 78.1 Å². The van der Waals surface area contributed by atoms with E-state index >= 15 is 0 Å². The van der Waals surface area contributed by atoms with Gasteiger partial charge in [-0.25, -0.2) is 0 Å². The van der Waals surface area contributed by atoms with E-state index in [1.807, 2.05) is 34.9 Å². The van der Waals surface area contributed by atoms with Crippen molar-refractivity contribution in [2.24, 2.45) is 0 Å². The quantitative estimate of drug-likeness (QED) is 0.198. The molecule has 0 atom stereocenters. The van der Waals surface area contributed by atoms with Crippen LogP contribution in [0.2, 0.25) is 0 Å². The third-order valence-electron chi connectivity index (χ3n) is 5.34. The van der Waals surface area contributed by atoms with Crippen molar-refractivity contribution >= 4 is 35.3 Å². The molecule has 10 heteroatoms. The fourth-order valence-electron chi connectivity index (χ4n) is 3.37. The van der Waals surface area contributed by atoms with Crippen LogP contribution >= 0.6 is 11.8 Å². The lowest BCUT2D eigenvalue weighted by Crippen LogP contribution is -2.23. The standard InChI is InChI=1S/C27H31N5O4S/c1-5-15-32-24(17-28-25(33)14-10-20-9-13-22(35-3)23(16-20)36-4)30-31-27(32)37-18-26(34)29-21-11-7-19(6-2)8-12-21/h5,7-14,16H,1,6,15,17-18H2,2-4H3,(H,28,33)(H,29,34)/b14-10+. The van der Waals surface area contributed by atoms with Crippen molar-refractivity contribution in [1.29, 1.82) is 0 Å². The van der Waals surface area contributed by atoms with Crippen LogP contribution in [-0.4, -0.2) is 46.6 Å². The fraction of sp³-hybridized carbons (Fsp3) is 0.259. The van der Waals surface area contributed by atoms with Gasteiger partial charge < -0.3 is 24.7 Å². The minimum atomic E-state index is -0.286. The first-order valence-electron chi connectivity index (χ1n) is 11.7. The topological polar surface area (TPSA) is 107 Å². The number of allylic oxidation sites excluding steroid dienone is 1. The van der Waals surface area contributed by atoms with Crippen LogP contribution in [0.25, 0.3) is 6.08 Å². The van der Waals surface area contributed by atoms with Crippen LogP contribution in [0.3, 0.4) is 0 Å². The maximum absolute atomic E-state index is 12.4. The number of amides is 2. The van der Waals surface area contributed by atoms with Gasteiger partial charge in [-0.1, -0.05) is 43.0 Å². The molecule has 194 valence electrons. The molecule has 9 nitrogen and oxygen atoms in total. The number of carbonyl (C=O) groups is 2. The fourth-order valence-corrected chi connectivity index (χ4v) is 4.14. The summed E-state index contributed by atoms with van der Waals surface area (Å²) in [5.74, 6) is 1.50. The Morgan fingerprint density at radius 3 is 2.51 bits per heavy atom. The number of nitrogens with zero attached hydrogens (tertiary/aromatic N) is 3. The highest BCUT2D eigenvalue weighted by Gasteiger charge is 2.14. The molecule has 2 amide bonds. The normalized spacial score (nSPS) is 10.8. The minimum absolute atomic E-state index is 0.141. The maximum atomic E-state index is 12.4. The second-order valence-corrected chi connectivity index (χ2v) is 8.79. The largest absolute Gasteiger partial charge is 0.493 e. The number of ether oxygens (including phenoxy) is 2. The van der Waals surface area contributed by atoms with E-state index in [9.17, 15) is 9.59 Å². The molecule has 0 unspecified atom stereocenters. The second-order valence-electron chi connectivity index (χ2n) is 7.85. The van der Waals surface area contributed by atoms with Crippen LogP contribution in [0.4, 0.5) is 5.69 Å². The first-order chi connectivity index (χ1) is 18.0. The summed E-state index contributed by atoms with van der Waals surface area (Å²) in [5, 5.41) is 14.7. The molecule has 2 N–H and O–H groups in total. The number of rotatable bonds is 13. The molecule has 37 heavy (non-hydrogen) atoms. The monoisotopic (exact) mass is 521 g/mol. The second kappa shape index (κ2) is 13.9. The van der Waals surface area contributed by atoms with Gasteiger partial charge in [0.25, 0.3) is 0 Å². The van der Waals surface area contributed by atoms with E-state index in [1.54, 1.807) is 38.5 Å². The average Bonchev–Trinajstić information content (AvgIpc) is 3.31. The van der Waals surface area contributed by atoms with E-state index in [4.69, 9.17) is 9.47 Å². The molecule has 2 aromatic carbocycles. The SMILES string of the molecule is C=CCn1c(CNC(=O)/C=C/c2ccc(OC)c(OC)c2)nnc1SCC(=O)Nc1ccc(CC)cc1. The van der Waals surface area contributed by atoms with Gasteiger partial charge in [-0.05, 0) is 47.9 Å².